The van der Waals surface area contributed by atoms with Gasteiger partial charge in [-0.1, -0.05) is 0 Å². The number of hydrogen-bond donors (Lipinski definition) is 2. The number of ether oxygens (including phenoxy) is 1. The van der Waals surface area contributed by atoms with E-state index in [0.717, 1.165) is 11.3 Å². The summed E-state index contributed by atoms with van der Waals surface area (Å²) in [7, 11) is 1.82. The van der Waals surface area contributed by atoms with E-state index >= 15 is 0 Å². The molecule has 116 valence electrons. The molecule has 0 aromatic carbocycles. The second-order valence-electron chi connectivity index (χ2n) is 5.44. The third kappa shape index (κ3) is 2.80. The lowest BCUT2D eigenvalue weighted by Gasteiger charge is -2.17. The van der Waals surface area contributed by atoms with Gasteiger partial charge in [-0.25, -0.2) is 4.98 Å². The number of aryl methyl sites for hydroxylation is 2. The van der Waals surface area contributed by atoms with Crippen LogP contribution in [-0.2, 0) is 16.6 Å². The maximum Gasteiger partial charge on any atom is 0.231 e. The van der Waals surface area contributed by atoms with Crippen molar-refractivity contribution in [1.29, 1.82) is 0 Å². The molecule has 0 radical (unpaired) electrons. The second-order valence-corrected chi connectivity index (χ2v) is 5.44. The number of carbonyl (C=O) groups excluding carboxylic acids is 1. The van der Waals surface area contributed by atoms with Crippen molar-refractivity contribution < 1.29 is 14.6 Å². The first-order valence-electron chi connectivity index (χ1n) is 7.12. The topological polar surface area (TPSA) is 89.3 Å². The quantitative estimate of drug-likeness (QED) is 0.898. The Bertz CT molecular complexity index is 698. The summed E-state index contributed by atoms with van der Waals surface area (Å²) in [4.78, 5) is 16.6. The highest BCUT2D eigenvalue weighted by Gasteiger charge is 2.36. The smallest absolute Gasteiger partial charge is 0.231 e. The molecule has 22 heavy (non-hydrogen) atoms. The minimum atomic E-state index is -0.328. The van der Waals surface area contributed by atoms with E-state index in [-0.39, 0.29) is 29.5 Å². The van der Waals surface area contributed by atoms with Gasteiger partial charge in [0, 0.05) is 31.1 Å². The molecule has 7 heteroatoms. The minimum Gasteiger partial charge on any atom is -0.504 e. The molecular weight excluding hydrogens is 284 g/mol. The van der Waals surface area contributed by atoms with Gasteiger partial charge < -0.3 is 15.2 Å². The van der Waals surface area contributed by atoms with Crippen LogP contribution < -0.4 is 5.32 Å². The summed E-state index contributed by atoms with van der Waals surface area (Å²) in [6, 6.07) is 3.20. The molecule has 7 nitrogen and oxygen atoms in total. The summed E-state index contributed by atoms with van der Waals surface area (Å²) in [5.41, 5.74) is 1.60. The third-order valence-corrected chi connectivity index (χ3v) is 3.74. The summed E-state index contributed by atoms with van der Waals surface area (Å²) >= 11 is 0. The highest BCUT2D eigenvalue weighted by atomic mass is 16.5. The zero-order chi connectivity index (χ0) is 15.7. The first-order valence-corrected chi connectivity index (χ1v) is 7.12. The van der Waals surface area contributed by atoms with E-state index in [1.165, 1.54) is 6.07 Å². The van der Waals surface area contributed by atoms with Crippen LogP contribution in [0.25, 0.3) is 0 Å². The maximum atomic E-state index is 12.5. The number of rotatable bonds is 3. The average molecular weight is 302 g/mol. The molecule has 2 N–H and O–H groups in total. The van der Waals surface area contributed by atoms with Gasteiger partial charge >= 0.3 is 0 Å². The Kier molecular flexibility index (Phi) is 3.81. The molecule has 2 aromatic rings. The van der Waals surface area contributed by atoms with E-state index < -0.39 is 0 Å². The van der Waals surface area contributed by atoms with Crippen LogP contribution in [0.4, 0.5) is 5.82 Å². The SMILES string of the molecule is Cc1ccc(O)c(NC(=O)[C@H]2CCO[C@@H]2c2cnn(C)c2)n1. The Morgan fingerprint density at radius 3 is 3.05 bits per heavy atom. The van der Waals surface area contributed by atoms with Crippen molar-refractivity contribution in [2.75, 3.05) is 11.9 Å². The van der Waals surface area contributed by atoms with Crippen LogP contribution in [0.1, 0.15) is 23.8 Å². The van der Waals surface area contributed by atoms with Crippen LogP contribution in [0.15, 0.2) is 24.5 Å². The van der Waals surface area contributed by atoms with Gasteiger partial charge in [0.1, 0.15) is 0 Å². The molecule has 0 bridgehead atoms. The van der Waals surface area contributed by atoms with Crippen molar-refractivity contribution in [3.63, 3.8) is 0 Å². The minimum absolute atomic E-state index is 0.0456. The fourth-order valence-corrected chi connectivity index (χ4v) is 2.62. The van der Waals surface area contributed by atoms with Gasteiger partial charge in [0.2, 0.25) is 5.91 Å². The standard InChI is InChI=1S/C15H18N4O3/c1-9-3-4-12(20)14(17-9)18-15(21)11-5-6-22-13(11)10-7-16-19(2)8-10/h3-4,7-8,11,13,20H,5-6H2,1-2H3,(H,17,18,21)/t11-,13+/m0/s1. The Labute approximate surface area is 127 Å². The summed E-state index contributed by atoms with van der Waals surface area (Å²) in [5.74, 6) is -0.400. The van der Waals surface area contributed by atoms with E-state index in [0.29, 0.717) is 13.0 Å². The van der Waals surface area contributed by atoms with Gasteiger partial charge in [0.25, 0.3) is 0 Å². The third-order valence-electron chi connectivity index (χ3n) is 3.74. The summed E-state index contributed by atoms with van der Waals surface area (Å²) in [5, 5.41) is 16.6. The Morgan fingerprint density at radius 2 is 2.32 bits per heavy atom. The highest BCUT2D eigenvalue weighted by molar-refractivity contribution is 5.93. The Morgan fingerprint density at radius 1 is 1.50 bits per heavy atom. The maximum absolute atomic E-state index is 12.5. The van der Waals surface area contributed by atoms with E-state index in [1.807, 2.05) is 13.2 Å². The van der Waals surface area contributed by atoms with Crippen molar-refractivity contribution in [2.45, 2.75) is 19.4 Å². The number of aromatic hydroxyl groups is 1. The predicted molar refractivity (Wildman–Crippen MR) is 79.3 cm³/mol. The number of carbonyl (C=O) groups is 1. The summed E-state index contributed by atoms with van der Waals surface area (Å²) < 4.78 is 7.36. The number of aromatic nitrogens is 3. The zero-order valence-electron chi connectivity index (χ0n) is 12.5. The molecule has 0 unspecified atom stereocenters. The largest absolute Gasteiger partial charge is 0.504 e. The van der Waals surface area contributed by atoms with Crippen molar-refractivity contribution in [1.82, 2.24) is 14.8 Å². The fourth-order valence-electron chi connectivity index (χ4n) is 2.62. The number of nitrogens with zero attached hydrogens (tertiary/aromatic N) is 3. The van der Waals surface area contributed by atoms with Crippen molar-refractivity contribution in [2.24, 2.45) is 13.0 Å². The first kappa shape index (κ1) is 14.5. The summed E-state index contributed by atoms with van der Waals surface area (Å²) in [6.07, 6.45) is 3.86. The second kappa shape index (κ2) is 5.76. The molecular formula is C15H18N4O3. The van der Waals surface area contributed by atoms with E-state index in [1.54, 1.807) is 23.9 Å². The lowest BCUT2D eigenvalue weighted by molar-refractivity contribution is -0.121. The molecule has 2 aromatic heterocycles. The number of hydrogen-bond acceptors (Lipinski definition) is 5. The van der Waals surface area contributed by atoms with Crippen LogP contribution in [-0.4, -0.2) is 32.4 Å². The van der Waals surface area contributed by atoms with Gasteiger partial charge in [-0.05, 0) is 25.5 Å². The molecule has 0 spiro atoms. The Balaban J connectivity index is 1.77. The Hall–Kier alpha value is -2.41. The molecule has 1 amide bonds. The fraction of sp³-hybridized carbons (Fsp3) is 0.400. The van der Waals surface area contributed by atoms with Crippen LogP contribution >= 0.6 is 0 Å². The highest BCUT2D eigenvalue weighted by Crippen LogP contribution is 2.35. The number of anilines is 1. The molecule has 2 atom stereocenters. The van der Waals surface area contributed by atoms with Crippen molar-refractivity contribution in [3.05, 3.63) is 35.8 Å². The summed E-state index contributed by atoms with van der Waals surface area (Å²) in [6.45, 7) is 2.32. The molecule has 0 saturated carbocycles. The van der Waals surface area contributed by atoms with Crippen molar-refractivity contribution in [3.8, 4) is 5.75 Å². The van der Waals surface area contributed by atoms with Gasteiger partial charge in [0.15, 0.2) is 11.6 Å². The normalized spacial score (nSPS) is 21.0. The number of pyridine rings is 1. The van der Waals surface area contributed by atoms with Crippen LogP contribution in [0.3, 0.4) is 0 Å². The average Bonchev–Trinajstić information content (AvgIpc) is 3.11. The van der Waals surface area contributed by atoms with Crippen molar-refractivity contribution >= 4 is 11.7 Å². The van der Waals surface area contributed by atoms with E-state index in [2.05, 4.69) is 15.4 Å². The number of nitrogens with one attached hydrogen (secondary N) is 1. The molecule has 1 aliphatic heterocycles. The molecule has 1 aliphatic rings. The van der Waals surface area contributed by atoms with E-state index in [9.17, 15) is 9.90 Å². The first-order chi connectivity index (χ1) is 10.5. The van der Waals surface area contributed by atoms with Gasteiger partial charge in [0.05, 0.1) is 18.2 Å². The molecule has 1 fully saturated rings. The van der Waals surface area contributed by atoms with Gasteiger partial charge in [-0.15, -0.1) is 0 Å². The monoisotopic (exact) mass is 302 g/mol. The lowest BCUT2D eigenvalue weighted by Crippen LogP contribution is -2.25. The van der Waals surface area contributed by atoms with Crippen LogP contribution in [0, 0.1) is 12.8 Å². The van der Waals surface area contributed by atoms with Gasteiger partial charge in [-0.2, -0.15) is 5.10 Å². The molecule has 1 saturated heterocycles. The van der Waals surface area contributed by atoms with E-state index in [4.69, 9.17) is 4.74 Å². The van der Waals surface area contributed by atoms with Crippen LogP contribution in [0.5, 0.6) is 5.75 Å². The molecule has 0 aliphatic carbocycles. The predicted octanol–water partition coefficient (Wildman–Crippen LogP) is 1.55. The van der Waals surface area contributed by atoms with Gasteiger partial charge in [-0.3, -0.25) is 9.48 Å². The molecule has 3 heterocycles. The zero-order valence-corrected chi connectivity index (χ0v) is 12.5. The molecule has 3 rings (SSSR count). The lowest BCUT2D eigenvalue weighted by atomic mass is 9.96. The number of amides is 1. The van der Waals surface area contributed by atoms with Crippen LogP contribution in [0.2, 0.25) is 0 Å².